The van der Waals surface area contributed by atoms with Gasteiger partial charge in [0.05, 0.1) is 0 Å². The van der Waals surface area contributed by atoms with E-state index in [9.17, 15) is 0 Å². The van der Waals surface area contributed by atoms with Gasteiger partial charge in [0.25, 0.3) is 0 Å². The van der Waals surface area contributed by atoms with Crippen molar-refractivity contribution in [1.29, 1.82) is 0 Å². The van der Waals surface area contributed by atoms with Crippen molar-refractivity contribution in [2.24, 2.45) is 0 Å². The first-order chi connectivity index (χ1) is 12.7. The summed E-state index contributed by atoms with van der Waals surface area (Å²) in [5.74, 6) is 0. The van der Waals surface area contributed by atoms with Gasteiger partial charge in [0.1, 0.15) is 0 Å². The van der Waals surface area contributed by atoms with Gasteiger partial charge in [-0.05, 0) is 43.5 Å². The fourth-order valence-electron chi connectivity index (χ4n) is 3.96. The highest BCUT2D eigenvalue weighted by atomic mass is 28.4. The second-order valence-electron chi connectivity index (χ2n) is 7.32. The molecule has 0 bridgehead atoms. The highest BCUT2D eigenvalue weighted by molar-refractivity contribution is 6.60. The summed E-state index contributed by atoms with van der Waals surface area (Å²) in [5.41, 5.74) is 2.66. The molecular weight excluding hydrogens is 342 g/mol. The first-order valence-corrected chi connectivity index (χ1v) is 12.1. The van der Waals surface area contributed by atoms with E-state index in [0.717, 1.165) is 0 Å². The predicted molar refractivity (Wildman–Crippen MR) is 109 cm³/mol. The van der Waals surface area contributed by atoms with Gasteiger partial charge < -0.3 is 13.3 Å². The molecule has 0 aliphatic carbocycles. The van der Waals surface area contributed by atoms with Crippen molar-refractivity contribution < 1.29 is 13.3 Å². The summed E-state index contributed by atoms with van der Waals surface area (Å²) in [7, 11) is 2.45. The number of nitrogens with zero attached hydrogens (tertiary/aromatic N) is 1. The minimum atomic E-state index is -2.56. The average molecular weight is 380 g/mol. The smallest absolute Gasteiger partial charge is 0.377 e. The van der Waals surface area contributed by atoms with Crippen molar-refractivity contribution in [3.8, 4) is 0 Å². The topological polar surface area (TPSA) is 30.9 Å². The van der Waals surface area contributed by atoms with Crippen molar-refractivity contribution in [3.05, 3.63) is 35.4 Å². The molecule has 0 aromatic heterocycles. The molecular formula is C21H37NO3Si. The first-order valence-electron chi connectivity index (χ1n) is 10.2. The molecule has 2 rings (SSSR count). The zero-order valence-electron chi connectivity index (χ0n) is 17.1. The molecule has 1 fully saturated rings. The molecule has 1 aliphatic heterocycles. The van der Waals surface area contributed by atoms with Crippen LogP contribution in [-0.4, -0.2) is 48.1 Å². The molecule has 1 aliphatic rings. The van der Waals surface area contributed by atoms with Crippen molar-refractivity contribution in [2.75, 3.05) is 34.4 Å². The van der Waals surface area contributed by atoms with Crippen LogP contribution in [0.15, 0.2) is 24.3 Å². The largest absolute Gasteiger partial charge is 0.504 e. The molecule has 1 aromatic rings. The van der Waals surface area contributed by atoms with Gasteiger partial charge in [0, 0.05) is 33.4 Å². The number of hydrogen-bond donors (Lipinski definition) is 0. The normalized spacial score (nSPS) is 18.5. The minimum absolute atomic E-state index is 0.588. The Balaban J connectivity index is 1.92. The average Bonchev–Trinajstić information content (AvgIpc) is 3.15. The van der Waals surface area contributed by atoms with E-state index in [1.54, 1.807) is 21.3 Å². The number of hydrogen-bond acceptors (Lipinski definition) is 4. The Bertz CT molecular complexity index is 496. The second-order valence-corrected chi connectivity index (χ2v) is 10.3. The van der Waals surface area contributed by atoms with Crippen LogP contribution >= 0.6 is 0 Å². The SMILES string of the molecule is CCCCCCCN1CCCC1c1ccc(C[Si](OC)(OC)OC)cc1. The van der Waals surface area contributed by atoms with Crippen LogP contribution in [0.3, 0.4) is 0 Å². The van der Waals surface area contributed by atoms with E-state index in [4.69, 9.17) is 13.3 Å². The lowest BCUT2D eigenvalue weighted by Gasteiger charge is -2.26. The maximum Gasteiger partial charge on any atom is 0.504 e. The molecule has 1 unspecified atom stereocenters. The van der Waals surface area contributed by atoms with E-state index < -0.39 is 8.80 Å². The van der Waals surface area contributed by atoms with E-state index in [-0.39, 0.29) is 0 Å². The highest BCUT2D eigenvalue weighted by Gasteiger charge is 2.38. The molecule has 4 nitrogen and oxygen atoms in total. The van der Waals surface area contributed by atoms with Crippen molar-refractivity contribution in [2.45, 2.75) is 64.0 Å². The third-order valence-corrected chi connectivity index (χ3v) is 8.34. The van der Waals surface area contributed by atoms with Crippen molar-refractivity contribution >= 4 is 8.80 Å². The quantitative estimate of drug-likeness (QED) is 0.387. The lowest BCUT2D eigenvalue weighted by Crippen LogP contribution is -2.45. The van der Waals surface area contributed by atoms with Gasteiger partial charge in [-0.25, -0.2) is 0 Å². The van der Waals surface area contributed by atoms with Crippen LogP contribution in [0.4, 0.5) is 0 Å². The van der Waals surface area contributed by atoms with E-state index >= 15 is 0 Å². The Labute approximate surface area is 161 Å². The van der Waals surface area contributed by atoms with Crippen molar-refractivity contribution in [1.82, 2.24) is 4.90 Å². The first kappa shape index (κ1) is 21.6. The Kier molecular flexibility index (Phi) is 9.29. The van der Waals surface area contributed by atoms with Crippen LogP contribution in [-0.2, 0) is 19.3 Å². The fraction of sp³-hybridized carbons (Fsp3) is 0.714. The predicted octanol–water partition coefficient (Wildman–Crippen LogP) is 4.75. The van der Waals surface area contributed by atoms with Gasteiger partial charge in [-0.1, -0.05) is 56.9 Å². The minimum Gasteiger partial charge on any atom is -0.377 e. The standard InChI is InChI=1S/C21H37NO3Si/c1-5-6-7-8-9-16-22-17-10-11-21(22)20-14-12-19(13-15-20)18-26(23-2,24-3)25-4/h12-15,21H,5-11,16-18H2,1-4H3. The lowest BCUT2D eigenvalue weighted by molar-refractivity contribution is 0.122. The summed E-state index contributed by atoms with van der Waals surface area (Å²) < 4.78 is 16.6. The summed E-state index contributed by atoms with van der Waals surface area (Å²) in [6.45, 7) is 4.76. The van der Waals surface area contributed by atoms with Crippen molar-refractivity contribution in [3.63, 3.8) is 0 Å². The molecule has 0 N–H and O–H groups in total. The summed E-state index contributed by atoms with van der Waals surface area (Å²) in [4.78, 5) is 2.68. The Morgan fingerprint density at radius 2 is 1.62 bits per heavy atom. The third kappa shape index (κ3) is 5.89. The second kappa shape index (κ2) is 11.2. The van der Waals surface area contributed by atoms with Gasteiger partial charge in [-0.15, -0.1) is 0 Å². The van der Waals surface area contributed by atoms with Gasteiger partial charge in [0.2, 0.25) is 0 Å². The molecule has 26 heavy (non-hydrogen) atoms. The van der Waals surface area contributed by atoms with Crippen LogP contribution in [0.5, 0.6) is 0 Å². The molecule has 0 radical (unpaired) electrons. The van der Waals surface area contributed by atoms with Crippen LogP contribution in [0.2, 0.25) is 0 Å². The van der Waals surface area contributed by atoms with Crippen LogP contribution < -0.4 is 0 Å². The maximum atomic E-state index is 5.55. The zero-order chi connectivity index (χ0) is 18.8. The van der Waals surface area contributed by atoms with Crippen LogP contribution in [0, 0.1) is 0 Å². The summed E-state index contributed by atoms with van der Waals surface area (Å²) in [6, 6.07) is 10.3. The van der Waals surface area contributed by atoms with Crippen LogP contribution in [0.1, 0.15) is 69.0 Å². The lowest BCUT2D eigenvalue weighted by atomic mass is 10.0. The van der Waals surface area contributed by atoms with Gasteiger partial charge in [-0.2, -0.15) is 0 Å². The van der Waals surface area contributed by atoms with Gasteiger partial charge >= 0.3 is 8.80 Å². The molecule has 0 amide bonds. The maximum absolute atomic E-state index is 5.55. The molecule has 0 spiro atoms. The van der Waals surface area contributed by atoms with Crippen LogP contribution in [0.25, 0.3) is 0 Å². The summed E-state index contributed by atoms with van der Waals surface area (Å²) in [5, 5.41) is 0. The van der Waals surface area contributed by atoms with Gasteiger partial charge in [0.15, 0.2) is 0 Å². The fourth-order valence-corrected chi connectivity index (χ4v) is 5.63. The number of likely N-dealkylation sites (tertiary alicyclic amines) is 1. The Hall–Kier alpha value is -0.723. The molecule has 148 valence electrons. The molecule has 0 saturated carbocycles. The zero-order valence-corrected chi connectivity index (χ0v) is 18.1. The highest BCUT2D eigenvalue weighted by Crippen LogP contribution is 2.32. The third-order valence-electron chi connectivity index (χ3n) is 5.63. The molecule has 1 aromatic carbocycles. The molecule has 1 saturated heterocycles. The molecule has 1 atom stereocenters. The Morgan fingerprint density at radius 1 is 0.962 bits per heavy atom. The van der Waals surface area contributed by atoms with Gasteiger partial charge in [-0.3, -0.25) is 4.90 Å². The summed E-state index contributed by atoms with van der Waals surface area (Å²) >= 11 is 0. The number of benzene rings is 1. The monoisotopic (exact) mass is 379 g/mol. The Morgan fingerprint density at radius 3 is 2.23 bits per heavy atom. The number of rotatable bonds is 12. The number of unbranched alkanes of at least 4 members (excludes halogenated alkanes) is 4. The van der Waals surface area contributed by atoms with E-state index in [1.165, 1.54) is 69.2 Å². The van der Waals surface area contributed by atoms with E-state index in [2.05, 4.69) is 36.1 Å². The molecule has 1 heterocycles. The molecule has 5 heteroatoms. The van der Waals surface area contributed by atoms with E-state index in [0.29, 0.717) is 12.1 Å². The van der Waals surface area contributed by atoms with E-state index in [1.807, 2.05) is 0 Å². The summed E-state index contributed by atoms with van der Waals surface area (Å²) in [6.07, 6.45) is 9.37.